The molecule has 9 nitrogen and oxygen atoms in total. The number of nitrogens with zero attached hydrogens (tertiary/aromatic N) is 2. The average Bonchev–Trinajstić information content (AvgIpc) is 3.40. The highest BCUT2D eigenvalue weighted by atomic mass is 16.5. The Hall–Kier alpha value is -4.14. The maximum absolute atomic E-state index is 12.9. The van der Waals surface area contributed by atoms with E-state index in [4.69, 9.17) is 4.74 Å². The highest BCUT2D eigenvalue weighted by molar-refractivity contribution is 5.90. The van der Waals surface area contributed by atoms with Crippen molar-refractivity contribution in [2.75, 3.05) is 6.61 Å². The highest BCUT2D eigenvalue weighted by Gasteiger charge is 2.32. The Kier molecular flexibility index (Phi) is 6.86. The normalized spacial score (nSPS) is 14.1. The summed E-state index contributed by atoms with van der Waals surface area (Å²) in [6, 6.07) is 13.7. The first-order valence-electron chi connectivity index (χ1n) is 11.4. The molecule has 3 N–H and O–H groups in total. The Bertz CT molecular complexity index is 1210. The van der Waals surface area contributed by atoms with Crippen molar-refractivity contribution < 1.29 is 24.2 Å². The van der Waals surface area contributed by atoms with Crippen molar-refractivity contribution in [3.8, 4) is 11.1 Å². The Morgan fingerprint density at radius 3 is 2.14 bits per heavy atom. The van der Waals surface area contributed by atoms with Gasteiger partial charge < -0.3 is 20.5 Å². The molecule has 1 aromatic heterocycles. The van der Waals surface area contributed by atoms with Crippen LogP contribution in [0.5, 0.6) is 0 Å². The number of aryl methyl sites for hydroxylation is 1. The summed E-state index contributed by atoms with van der Waals surface area (Å²) in [6.45, 7) is 3.63. The van der Waals surface area contributed by atoms with Crippen molar-refractivity contribution >= 4 is 18.0 Å². The Morgan fingerprint density at radius 2 is 1.63 bits per heavy atom. The molecular formula is C26H28N4O5. The number of amides is 2. The van der Waals surface area contributed by atoms with E-state index >= 15 is 0 Å². The van der Waals surface area contributed by atoms with Crippen LogP contribution < -0.4 is 10.6 Å². The summed E-state index contributed by atoms with van der Waals surface area (Å²) in [4.78, 5) is 37.4. The largest absolute Gasteiger partial charge is 0.479 e. The highest BCUT2D eigenvalue weighted by Crippen LogP contribution is 2.44. The summed E-state index contributed by atoms with van der Waals surface area (Å²) in [5.74, 6) is -2.26. The third kappa shape index (κ3) is 5.03. The fourth-order valence-corrected chi connectivity index (χ4v) is 4.41. The predicted molar refractivity (Wildman–Crippen MR) is 129 cm³/mol. The molecular weight excluding hydrogens is 448 g/mol. The number of nitrogens with one attached hydrogen (secondary N) is 2. The van der Waals surface area contributed by atoms with E-state index in [2.05, 4.69) is 27.9 Å². The number of ether oxygens (including phenoxy) is 1. The van der Waals surface area contributed by atoms with Crippen LogP contribution in [-0.4, -0.2) is 45.5 Å². The molecule has 1 aliphatic rings. The number of fused-ring (bicyclic) bond motifs is 3. The van der Waals surface area contributed by atoms with Gasteiger partial charge in [-0.2, -0.15) is 5.10 Å². The Morgan fingerprint density at radius 1 is 1.03 bits per heavy atom. The van der Waals surface area contributed by atoms with Gasteiger partial charge in [0.25, 0.3) is 0 Å². The second-order valence-electron chi connectivity index (χ2n) is 8.92. The van der Waals surface area contributed by atoms with Gasteiger partial charge in [0, 0.05) is 24.7 Å². The Balaban J connectivity index is 1.42. The van der Waals surface area contributed by atoms with Crippen molar-refractivity contribution in [1.29, 1.82) is 0 Å². The molecule has 9 heteroatoms. The van der Waals surface area contributed by atoms with Crippen LogP contribution in [0.25, 0.3) is 11.1 Å². The summed E-state index contributed by atoms with van der Waals surface area (Å²) in [5.41, 5.74) is 4.73. The second-order valence-corrected chi connectivity index (χ2v) is 8.92. The molecule has 2 aromatic carbocycles. The fourth-order valence-electron chi connectivity index (χ4n) is 4.41. The molecule has 3 aromatic rings. The number of rotatable bonds is 8. The number of carbonyl (C=O) groups is 3. The average molecular weight is 477 g/mol. The van der Waals surface area contributed by atoms with Crippen molar-refractivity contribution in [1.82, 2.24) is 20.4 Å². The van der Waals surface area contributed by atoms with Gasteiger partial charge in [-0.25, -0.2) is 9.59 Å². The SMILES string of the molecule is CC(C)C(NC(=O)OCC1c2ccccc2-c2ccccc21)C(=O)NC(C(=O)O)c1cnn(C)c1. The molecule has 2 atom stereocenters. The van der Waals surface area contributed by atoms with Crippen molar-refractivity contribution in [2.45, 2.75) is 31.8 Å². The third-order valence-corrected chi connectivity index (χ3v) is 6.16. The topological polar surface area (TPSA) is 123 Å². The molecule has 182 valence electrons. The smallest absolute Gasteiger partial charge is 0.407 e. The van der Waals surface area contributed by atoms with E-state index in [-0.39, 0.29) is 18.4 Å². The number of hydrogen-bond acceptors (Lipinski definition) is 5. The van der Waals surface area contributed by atoms with E-state index in [1.807, 2.05) is 36.4 Å². The first kappa shape index (κ1) is 24.0. The van der Waals surface area contributed by atoms with Gasteiger partial charge in [-0.15, -0.1) is 0 Å². The van der Waals surface area contributed by atoms with Crippen LogP contribution in [0.3, 0.4) is 0 Å². The van der Waals surface area contributed by atoms with Crippen molar-refractivity contribution in [3.05, 3.63) is 77.6 Å². The van der Waals surface area contributed by atoms with Crippen LogP contribution in [0, 0.1) is 5.92 Å². The lowest BCUT2D eigenvalue weighted by atomic mass is 9.98. The zero-order chi connectivity index (χ0) is 25.1. The molecule has 4 rings (SSSR count). The summed E-state index contributed by atoms with van der Waals surface area (Å²) in [6.07, 6.45) is 2.15. The first-order valence-corrected chi connectivity index (χ1v) is 11.4. The first-order chi connectivity index (χ1) is 16.8. The number of hydrogen-bond donors (Lipinski definition) is 3. The lowest BCUT2D eigenvalue weighted by Gasteiger charge is -2.24. The maximum Gasteiger partial charge on any atom is 0.407 e. The fraction of sp³-hybridized carbons (Fsp3) is 0.308. The summed E-state index contributed by atoms with van der Waals surface area (Å²) in [7, 11) is 1.65. The van der Waals surface area contributed by atoms with Crippen LogP contribution in [-0.2, 0) is 21.4 Å². The molecule has 1 aliphatic carbocycles. The van der Waals surface area contributed by atoms with Crippen LogP contribution in [0.2, 0.25) is 0 Å². The second kappa shape index (κ2) is 10.0. The van der Waals surface area contributed by atoms with Gasteiger partial charge >= 0.3 is 12.1 Å². The number of aliphatic carboxylic acids is 1. The molecule has 0 saturated carbocycles. The molecule has 0 saturated heterocycles. The molecule has 0 fully saturated rings. The Labute approximate surface area is 203 Å². The minimum Gasteiger partial charge on any atom is -0.479 e. The van der Waals surface area contributed by atoms with Crippen molar-refractivity contribution in [2.24, 2.45) is 13.0 Å². The van der Waals surface area contributed by atoms with Crippen LogP contribution in [0.4, 0.5) is 4.79 Å². The summed E-state index contributed by atoms with van der Waals surface area (Å²) < 4.78 is 7.00. The molecule has 2 unspecified atom stereocenters. The number of aromatic nitrogens is 2. The van der Waals surface area contributed by atoms with E-state index in [0.29, 0.717) is 5.56 Å². The number of carbonyl (C=O) groups excluding carboxylic acids is 2. The predicted octanol–water partition coefficient (Wildman–Crippen LogP) is 3.23. The molecule has 0 bridgehead atoms. The molecule has 0 aliphatic heterocycles. The number of carboxylic acids is 1. The van der Waals surface area contributed by atoms with E-state index in [0.717, 1.165) is 22.3 Å². The van der Waals surface area contributed by atoms with Gasteiger partial charge in [0.05, 0.1) is 6.20 Å². The third-order valence-electron chi connectivity index (χ3n) is 6.16. The molecule has 2 amide bonds. The minimum absolute atomic E-state index is 0.110. The minimum atomic E-state index is -1.29. The lowest BCUT2D eigenvalue weighted by molar-refractivity contribution is -0.142. The van der Waals surface area contributed by atoms with Gasteiger partial charge in [-0.05, 0) is 28.2 Å². The van der Waals surface area contributed by atoms with Gasteiger partial charge in [0.1, 0.15) is 12.6 Å². The molecule has 1 heterocycles. The van der Waals surface area contributed by atoms with Gasteiger partial charge in [-0.1, -0.05) is 62.4 Å². The summed E-state index contributed by atoms with van der Waals surface area (Å²) >= 11 is 0. The summed E-state index contributed by atoms with van der Waals surface area (Å²) in [5, 5.41) is 18.6. The molecule has 0 radical (unpaired) electrons. The number of alkyl carbamates (subject to hydrolysis) is 1. The zero-order valence-corrected chi connectivity index (χ0v) is 19.8. The molecule has 35 heavy (non-hydrogen) atoms. The molecule has 0 spiro atoms. The number of benzene rings is 2. The maximum atomic E-state index is 12.9. The van der Waals surface area contributed by atoms with E-state index < -0.39 is 30.1 Å². The van der Waals surface area contributed by atoms with E-state index in [1.165, 1.54) is 17.1 Å². The van der Waals surface area contributed by atoms with Gasteiger partial charge in [0.15, 0.2) is 6.04 Å². The monoisotopic (exact) mass is 476 g/mol. The van der Waals surface area contributed by atoms with Crippen LogP contribution >= 0.6 is 0 Å². The quantitative estimate of drug-likeness (QED) is 0.459. The van der Waals surface area contributed by atoms with Crippen LogP contribution in [0.15, 0.2) is 60.9 Å². The number of carboxylic acid groups (broad SMARTS) is 1. The standard InChI is InChI=1S/C26H28N4O5/c1-15(2)22(24(31)28-23(25(32)33)16-12-27-30(3)13-16)29-26(34)35-14-21-19-10-6-4-8-17(19)18-9-5-7-11-20(18)21/h4-13,15,21-23H,14H2,1-3H3,(H,28,31)(H,29,34)(H,32,33). The lowest BCUT2D eigenvalue weighted by Crippen LogP contribution is -2.51. The van der Waals surface area contributed by atoms with E-state index in [9.17, 15) is 19.5 Å². The zero-order valence-electron chi connectivity index (χ0n) is 19.8. The van der Waals surface area contributed by atoms with Crippen LogP contribution in [0.1, 0.15) is 42.5 Å². The van der Waals surface area contributed by atoms with Gasteiger partial charge in [-0.3, -0.25) is 9.48 Å². The van der Waals surface area contributed by atoms with Gasteiger partial charge in [0.2, 0.25) is 5.91 Å². The van der Waals surface area contributed by atoms with E-state index in [1.54, 1.807) is 20.9 Å². The van der Waals surface area contributed by atoms with Crippen molar-refractivity contribution in [3.63, 3.8) is 0 Å².